The molecule has 1 N–H and O–H groups in total. The van der Waals surface area contributed by atoms with Gasteiger partial charge in [0.05, 0.1) is 6.61 Å². The average molecular weight is 190 g/mol. The Balaban J connectivity index is 1.95. The fourth-order valence-corrected chi connectivity index (χ4v) is 2.43. The Morgan fingerprint density at radius 3 is 3.14 bits per heavy atom. The maximum Gasteiger partial charge on any atom is 0.122 e. The van der Waals surface area contributed by atoms with Gasteiger partial charge in [-0.3, -0.25) is 0 Å². The first kappa shape index (κ1) is 8.30. The molecule has 3 rings (SSSR count). The van der Waals surface area contributed by atoms with E-state index < -0.39 is 0 Å². The number of aliphatic hydroxyl groups excluding tert-OH is 1. The molecule has 14 heavy (non-hydrogen) atoms. The molecule has 0 amide bonds. The number of ether oxygens (including phenoxy) is 1. The molecule has 2 unspecified atom stereocenters. The lowest BCUT2D eigenvalue weighted by molar-refractivity contribution is 0.274. The third-order valence-electron chi connectivity index (χ3n) is 3.34. The molecule has 2 aliphatic rings. The molecule has 1 saturated carbocycles. The quantitative estimate of drug-likeness (QED) is 0.769. The van der Waals surface area contributed by atoms with E-state index >= 15 is 0 Å². The van der Waals surface area contributed by atoms with E-state index in [4.69, 9.17) is 9.84 Å². The summed E-state index contributed by atoms with van der Waals surface area (Å²) in [7, 11) is 0. The molecule has 0 aromatic heterocycles. The molecule has 2 nitrogen and oxygen atoms in total. The van der Waals surface area contributed by atoms with Crippen LogP contribution in [0.25, 0.3) is 0 Å². The zero-order valence-electron chi connectivity index (χ0n) is 8.07. The first-order valence-corrected chi connectivity index (χ1v) is 5.25. The Morgan fingerprint density at radius 2 is 2.36 bits per heavy atom. The van der Waals surface area contributed by atoms with E-state index in [9.17, 15) is 0 Å². The summed E-state index contributed by atoms with van der Waals surface area (Å²) in [6, 6.07) is 6.29. The van der Waals surface area contributed by atoms with E-state index in [0.717, 1.165) is 25.2 Å². The average Bonchev–Trinajstić information content (AvgIpc) is 2.85. The zero-order chi connectivity index (χ0) is 9.54. The molecule has 0 spiro atoms. The van der Waals surface area contributed by atoms with Crippen LogP contribution in [0, 0.1) is 5.92 Å². The van der Waals surface area contributed by atoms with Crippen molar-refractivity contribution in [3.8, 4) is 5.75 Å². The van der Waals surface area contributed by atoms with Gasteiger partial charge < -0.3 is 9.84 Å². The number of hydrogen-bond donors (Lipinski definition) is 1. The number of hydrogen-bond acceptors (Lipinski definition) is 2. The van der Waals surface area contributed by atoms with Gasteiger partial charge in [0, 0.05) is 18.6 Å². The van der Waals surface area contributed by atoms with Crippen molar-refractivity contribution in [2.24, 2.45) is 5.92 Å². The molecule has 1 fully saturated rings. The highest BCUT2D eigenvalue weighted by molar-refractivity contribution is 5.46. The van der Waals surface area contributed by atoms with Gasteiger partial charge in [0.25, 0.3) is 0 Å². The molecule has 0 saturated heterocycles. The van der Waals surface area contributed by atoms with E-state index in [-0.39, 0.29) is 0 Å². The molecule has 2 heteroatoms. The van der Waals surface area contributed by atoms with E-state index in [1.54, 1.807) is 0 Å². The predicted molar refractivity (Wildman–Crippen MR) is 53.6 cm³/mol. The van der Waals surface area contributed by atoms with Crippen LogP contribution in [0.3, 0.4) is 0 Å². The van der Waals surface area contributed by atoms with Crippen molar-refractivity contribution in [1.82, 2.24) is 0 Å². The summed E-state index contributed by atoms with van der Waals surface area (Å²) in [4.78, 5) is 0. The van der Waals surface area contributed by atoms with Crippen LogP contribution < -0.4 is 4.74 Å². The van der Waals surface area contributed by atoms with Crippen molar-refractivity contribution >= 4 is 0 Å². The minimum atomic E-state index is 0.329. The van der Waals surface area contributed by atoms with E-state index in [1.807, 2.05) is 6.07 Å². The molecule has 1 aromatic rings. The van der Waals surface area contributed by atoms with Crippen LogP contribution in [0.5, 0.6) is 5.75 Å². The lowest BCUT2D eigenvalue weighted by atomic mass is 10.0. The summed E-state index contributed by atoms with van der Waals surface area (Å²) in [5.41, 5.74) is 2.80. The van der Waals surface area contributed by atoms with E-state index in [2.05, 4.69) is 12.1 Å². The van der Waals surface area contributed by atoms with Crippen LogP contribution in [0.2, 0.25) is 0 Å². The fraction of sp³-hybridized carbons (Fsp3) is 0.500. The highest BCUT2D eigenvalue weighted by atomic mass is 16.5. The molecule has 1 heterocycles. The smallest absolute Gasteiger partial charge is 0.122 e. The Hall–Kier alpha value is -1.02. The molecule has 0 radical (unpaired) electrons. The predicted octanol–water partition coefficient (Wildman–Crippen LogP) is 1.72. The van der Waals surface area contributed by atoms with Gasteiger partial charge in [0.2, 0.25) is 0 Å². The van der Waals surface area contributed by atoms with Crippen molar-refractivity contribution in [2.75, 3.05) is 13.2 Å². The zero-order valence-corrected chi connectivity index (χ0v) is 8.07. The number of benzene rings is 1. The van der Waals surface area contributed by atoms with Crippen LogP contribution in [-0.2, 0) is 6.42 Å². The second-order valence-electron chi connectivity index (χ2n) is 4.21. The third-order valence-corrected chi connectivity index (χ3v) is 3.34. The number of rotatable bonds is 2. The monoisotopic (exact) mass is 190 g/mol. The van der Waals surface area contributed by atoms with Crippen LogP contribution in [0.4, 0.5) is 0 Å². The summed E-state index contributed by atoms with van der Waals surface area (Å²) in [6.45, 7) is 1.15. The molecular formula is C12H14O2. The van der Waals surface area contributed by atoms with E-state index in [0.29, 0.717) is 18.4 Å². The van der Waals surface area contributed by atoms with E-state index in [1.165, 1.54) is 11.1 Å². The maximum atomic E-state index is 9.06. The second-order valence-corrected chi connectivity index (χ2v) is 4.21. The normalized spacial score (nSPS) is 28.4. The minimum Gasteiger partial charge on any atom is -0.493 e. The Bertz CT molecular complexity index is 359. The SMILES string of the molecule is OCC1CC1c1cccc2c1CCO2. The first-order chi connectivity index (χ1) is 6.90. The van der Waals surface area contributed by atoms with Gasteiger partial charge in [-0.15, -0.1) is 0 Å². The molecular weight excluding hydrogens is 176 g/mol. The lowest BCUT2D eigenvalue weighted by Gasteiger charge is -2.05. The molecule has 0 bridgehead atoms. The summed E-state index contributed by atoms with van der Waals surface area (Å²) in [6.07, 6.45) is 2.19. The largest absolute Gasteiger partial charge is 0.493 e. The number of aliphatic hydroxyl groups is 1. The highest BCUT2D eigenvalue weighted by Crippen LogP contribution is 2.50. The fourth-order valence-electron chi connectivity index (χ4n) is 2.43. The summed E-state index contributed by atoms with van der Waals surface area (Å²) < 4.78 is 5.52. The Kier molecular flexibility index (Phi) is 1.77. The van der Waals surface area contributed by atoms with Crippen molar-refractivity contribution in [2.45, 2.75) is 18.8 Å². The first-order valence-electron chi connectivity index (χ1n) is 5.25. The van der Waals surface area contributed by atoms with Gasteiger partial charge in [-0.1, -0.05) is 12.1 Å². The minimum absolute atomic E-state index is 0.329. The van der Waals surface area contributed by atoms with Gasteiger partial charge in [-0.05, 0) is 29.9 Å². The van der Waals surface area contributed by atoms with Crippen molar-refractivity contribution in [3.05, 3.63) is 29.3 Å². The van der Waals surface area contributed by atoms with Crippen LogP contribution in [0.1, 0.15) is 23.5 Å². The lowest BCUT2D eigenvalue weighted by Crippen LogP contribution is -1.93. The van der Waals surface area contributed by atoms with Gasteiger partial charge in [0.15, 0.2) is 0 Å². The van der Waals surface area contributed by atoms with Crippen molar-refractivity contribution < 1.29 is 9.84 Å². The Morgan fingerprint density at radius 1 is 1.43 bits per heavy atom. The highest BCUT2D eigenvalue weighted by Gasteiger charge is 2.39. The van der Waals surface area contributed by atoms with Gasteiger partial charge >= 0.3 is 0 Å². The molecule has 1 aliphatic heterocycles. The van der Waals surface area contributed by atoms with Gasteiger partial charge in [-0.25, -0.2) is 0 Å². The van der Waals surface area contributed by atoms with Crippen LogP contribution >= 0.6 is 0 Å². The van der Waals surface area contributed by atoms with Crippen LogP contribution in [-0.4, -0.2) is 18.3 Å². The molecule has 1 aromatic carbocycles. The third kappa shape index (κ3) is 1.14. The van der Waals surface area contributed by atoms with Gasteiger partial charge in [0.1, 0.15) is 5.75 Å². The summed E-state index contributed by atoms with van der Waals surface area (Å²) >= 11 is 0. The number of fused-ring (bicyclic) bond motifs is 1. The van der Waals surface area contributed by atoms with Crippen molar-refractivity contribution in [1.29, 1.82) is 0 Å². The standard InChI is InChI=1S/C12H14O2/c13-7-8-6-11(8)9-2-1-3-12-10(9)4-5-14-12/h1-3,8,11,13H,4-7H2. The van der Waals surface area contributed by atoms with Crippen molar-refractivity contribution in [3.63, 3.8) is 0 Å². The molecule has 2 atom stereocenters. The molecule has 74 valence electrons. The Labute approximate surface area is 83.5 Å². The van der Waals surface area contributed by atoms with Gasteiger partial charge in [-0.2, -0.15) is 0 Å². The molecule has 1 aliphatic carbocycles. The maximum absolute atomic E-state index is 9.06. The van der Waals surface area contributed by atoms with Crippen LogP contribution in [0.15, 0.2) is 18.2 Å². The topological polar surface area (TPSA) is 29.5 Å². The summed E-state index contributed by atoms with van der Waals surface area (Å²) in [5.74, 6) is 2.16. The second kappa shape index (κ2) is 2.99. The summed E-state index contributed by atoms with van der Waals surface area (Å²) in [5, 5.41) is 9.06.